The van der Waals surface area contributed by atoms with Gasteiger partial charge in [-0.3, -0.25) is 0 Å². The largest absolute Gasteiger partial charge is 0.313 e. The number of nitrogens with zero attached hydrogens (tertiary/aromatic N) is 2. The quantitative estimate of drug-likeness (QED) is 0.396. The summed E-state index contributed by atoms with van der Waals surface area (Å²) in [4.78, 5) is 0. The summed E-state index contributed by atoms with van der Waals surface area (Å²) >= 11 is 0. The van der Waals surface area contributed by atoms with Crippen LogP contribution in [0.25, 0.3) is 0 Å². The van der Waals surface area contributed by atoms with Crippen LogP contribution >= 0.6 is 0 Å². The molecule has 0 saturated carbocycles. The Balaban J connectivity index is 4.34. The van der Waals surface area contributed by atoms with Crippen LogP contribution in [0.1, 0.15) is 26.2 Å². The molecule has 1 unspecified atom stereocenters. The summed E-state index contributed by atoms with van der Waals surface area (Å²) < 4.78 is 13.7. The summed E-state index contributed by atoms with van der Waals surface area (Å²) in [6, 6.07) is 4.05. The average molecular weight is 198 g/mol. The van der Waals surface area contributed by atoms with Crippen LogP contribution in [-0.4, -0.2) is 8.41 Å². The van der Waals surface area contributed by atoms with Gasteiger partial charge in [0, 0.05) is 6.42 Å². The van der Waals surface area contributed by atoms with Crippen LogP contribution in [0.4, 0.5) is 4.11 Å². The minimum absolute atomic E-state index is 0.405. The van der Waals surface area contributed by atoms with Gasteiger partial charge >= 0.3 is 0 Å². The molecule has 1 atom stereocenters. The van der Waals surface area contributed by atoms with Gasteiger partial charge in [0.15, 0.2) is 0 Å². The molecule has 13 heavy (non-hydrogen) atoms. The molecular formula is C9H15FN2Si. The number of halogens is 1. The smallest absolute Gasteiger partial charge is 0.260 e. The van der Waals surface area contributed by atoms with Gasteiger partial charge < -0.3 is 4.11 Å². The third-order valence-electron chi connectivity index (χ3n) is 2.52. The van der Waals surface area contributed by atoms with E-state index in [9.17, 15) is 4.11 Å². The maximum atomic E-state index is 13.7. The van der Waals surface area contributed by atoms with E-state index < -0.39 is 13.4 Å². The third-order valence-corrected chi connectivity index (χ3v) is 5.51. The van der Waals surface area contributed by atoms with Crippen molar-refractivity contribution in [2.24, 2.45) is 0 Å². The predicted molar refractivity (Wildman–Crippen MR) is 52.0 cm³/mol. The molecule has 0 aliphatic heterocycles. The summed E-state index contributed by atoms with van der Waals surface area (Å²) in [5.41, 5.74) is 0. The highest BCUT2D eigenvalue weighted by molar-refractivity contribution is 6.74. The normalized spacial score (nSPS) is 15.5. The fraction of sp³-hybridized carbons (Fsp3) is 0.778. The van der Waals surface area contributed by atoms with Crippen molar-refractivity contribution in [1.82, 2.24) is 0 Å². The van der Waals surface area contributed by atoms with Crippen LogP contribution in [-0.2, 0) is 0 Å². The van der Waals surface area contributed by atoms with E-state index in [1.807, 2.05) is 6.07 Å². The Morgan fingerprint density at radius 2 is 1.92 bits per heavy atom. The van der Waals surface area contributed by atoms with Gasteiger partial charge in [0.25, 0.3) is 8.41 Å². The zero-order chi connectivity index (χ0) is 10.5. The molecule has 0 radical (unpaired) electrons. The second-order valence-electron chi connectivity index (χ2n) is 3.93. The third kappa shape index (κ3) is 3.16. The van der Waals surface area contributed by atoms with Gasteiger partial charge in [-0.1, -0.05) is 0 Å². The highest BCUT2D eigenvalue weighted by Gasteiger charge is 2.44. The molecule has 0 heterocycles. The first-order valence-corrected chi connectivity index (χ1v) is 7.22. The van der Waals surface area contributed by atoms with E-state index in [4.69, 9.17) is 10.5 Å². The number of rotatable bonds is 4. The van der Waals surface area contributed by atoms with Crippen molar-refractivity contribution in [3.05, 3.63) is 0 Å². The van der Waals surface area contributed by atoms with Crippen LogP contribution in [0.5, 0.6) is 0 Å². The molecule has 72 valence electrons. The van der Waals surface area contributed by atoms with Gasteiger partial charge in [-0.2, -0.15) is 10.5 Å². The second kappa shape index (κ2) is 4.39. The molecule has 0 fully saturated rings. The minimum atomic E-state index is -2.93. The van der Waals surface area contributed by atoms with Crippen molar-refractivity contribution in [2.75, 3.05) is 0 Å². The fourth-order valence-electron chi connectivity index (χ4n) is 1.01. The first-order chi connectivity index (χ1) is 5.87. The minimum Gasteiger partial charge on any atom is -0.313 e. The molecular weight excluding hydrogens is 183 g/mol. The lowest BCUT2D eigenvalue weighted by molar-refractivity contribution is 0.571. The van der Waals surface area contributed by atoms with Gasteiger partial charge in [-0.15, -0.1) is 0 Å². The molecule has 0 amide bonds. The number of hydrogen-bond acceptors (Lipinski definition) is 2. The molecule has 0 spiro atoms. The summed E-state index contributed by atoms with van der Waals surface area (Å²) in [6.45, 7) is 4.75. The van der Waals surface area contributed by atoms with Gasteiger partial charge in [0.2, 0.25) is 0 Å². The van der Waals surface area contributed by atoms with Crippen LogP contribution < -0.4 is 0 Å². The SMILES string of the molecule is CC(C#N)(CCCC#N)[Si](C)(C)F. The highest BCUT2D eigenvalue weighted by Crippen LogP contribution is 2.42. The van der Waals surface area contributed by atoms with E-state index in [2.05, 4.69) is 6.07 Å². The van der Waals surface area contributed by atoms with Crippen molar-refractivity contribution in [1.29, 1.82) is 10.5 Å². The zero-order valence-corrected chi connectivity index (χ0v) is 9.39. The Kier molecular flexibility index (Phi) is 4.09. The van der Waals surface area contributed by atoms with Crippen molar-refractivity contribution in [3.8, 4) is 12.1 Å². The molecule has 2 nitrogen and oxygen atoms in total. The first-order valence-electron chi connectivity index (χ1n) is 4.34. The van der Waals surface area contributed by atoms with Gasteiger partial charge in [-0.05, 0) is 32.9 Å². The summed E-state index contributed by atoms with van der Waals surface area (Å²) in [5.74, 6) is 0. The van der Waals surface area contributed by atoms with E-state index in [0.29, 0.717) is 19.3 Å². The highest BCUT2D eigenvalue weighted by atomic mass is 28.4. The van der Waals surface area contributed by atoms with Crippen LogP contribution in [0.15, 0.2) is 0 Å². The van der Waals surface area contributed by atoms with Crippen molar-refractivity contribution in [2.45, 2.75) is 44.3 Å². The standard InChI is InChI=1S/C9H15FN2Si/c1-9(8-12,13(2,3)10)6-4-5-7-11/h4-6H2,1-3H3. The summed E-state index contributed by atoms with van der Waals surface area (Å²) in [7, 11) is -2.93. The Bertz CT molecular complexity index is 246. The lowest BCUT2D eigenvalue weighted by Gasteiger charge is -2.29. The second-order valence-corrected chi connectivity index (χ2v) is 7.98. The monoisotopic (exact) mass is 198 g/mol. The van der Waals surface area contributed by atoms with Crippen molar-refractivity contribution < 1.29 is 4.11 Å². The average Bonchev–Trinajstić information content (AvgIpc) is 2.02. The molecule has 0 aromatic rings. The maximum Gasteiger partial charge on any atom is 0.260 e. The Labute approximate surface area is 80.2 Å². The Morgan fingerprint density at radius 1 is 1.38 bits per heavy atom. The number of hydrogen-bond donors (Lipinski definition) is 0. The Morgan fingerprint density at radius 3 is 2.23 bits per heavy atom. The lowest BCUT2D eigenvalue weighted by Crippen LogP contribution is -2.35. The first kappa shape index (κ1) is 12.1. The van der Waals surface area contributed by atoms with Crippen LogP contribution in [0.3, 0.4) is 0 Å². The van der Waals surface area contributed by atoms with Crippen molar-refractivity contribution in [3.63, 3.8) is 0 Å². The van der Waals surface area contributed by atoms with E-state index in [1.54, 1.807) is 20.0 Å². The van der Waals surface area contributed by atoms with E-state index in [-0.39, 0.29) is 0 Å². The molecule has 0 aromatic heterocycles. The molecule has 0 N–H and O–H groups in total. The molecule has 0 rings (SSSR count). The number of unbranched alkanes of at least 4 members (excludes halogenated alkanes) is 1. The predicted octanol–water partition coefficient (Wildman–Crippen LogP) is 3.14. The maximum absolute atomic E-state index is 13.7. The fourth-order valence-corrected chi connectivity index (χ4v) is 2.04. The molecule has 0 aromatic carbocycles. The van der Waals surface area contributed by atoms with Gasteiger partial charge in [0.1, 0.15) is 0 Å². The molecule has 0 aliphatic carbocycles. The van der Waals surface area contributed by atoms with Gasteiger partial charge in [0.05, 0.1) is 17.2 Å². The Hall–Kier alpha value is -0.873. The van der Waals surface area contributed by atoms with Crippen molar-refractivity contribution >= 4 is 8.41 Å². The summed E-state index contributed by atoms with van der Waals surface area (Å²) in [6.07, 6.45) is 1.51. The number of nitriles is 2. The van der Waals surface area contributed by atoms with E-state index in [1.165, 1.54) is 0 Å². The lowest BCUT2D eigenvalue weighted by atomic mass is 10.1. The van der Waals surface area contributed by atoms with Crippen LogP contribution in [0.2, 0.25) is 18.1 Å². The zero-order valence-electron chi connectivity index (χ0n) is 8.39. The van der Waals surface area contributed by atoms with E-state index >= 15 is 0 Å². The molecule has 4 heteroatoms. The molecule has 0 aliphatic rings. The molecule has 0 bridgehead atoms. The topological polar surface area (TPSA) is 47.6 Å². The van der Waals surface area contributed by atoms with E-state index in [0.717, 1.165) is 0 Å². The summed E-state index contributed by atoms with van der Waals surface area (Å²) in [5, 5.41) is 16.4. The molecule has 0 saturated heterocycles. The van der Waals surface area contributed by atoms with Crippen LogP contribution in [0, 0.1) is 22.7 Å². The van der Waals surface area contributed by atoms with Gasteiger partial charge in [-0.25, -0.2) is 0 Å².